The molecule has 0 bridgehead atoms. The van der Waals surface area contributed by atoms with Crippen LogP contribution in [0.3, 0.4) is 0 Å². The second kappa shape index (κ2) is 9.92. The van der Waals surface area contributed by atoms with Gasteiger partial charge in [0.05, 0.1) is 5.56 Å². The van der Waals surface area contributed by atoms with Crippen LogP contribution in [0.2, 0.25) is 0 Å². The van der Waals surface area contributed by atoms with Gasteiger partial charge in [-0.3, -0.25) is 9.59 Å². The average molecular weight is 387 g/mol. The van der Waals surface area contributed by atoms with Gasteiger partial charge in [-0.05, 0) is 70.9 Å². The number of anilines is 2. The molecule has 0 aromatic heterocycles. The summed E-state index contributed by atoms with van der Waals surface area (Å²) >= 11 is 0. The largest absolute Gasteiger partial charge is 0.371 e. The Morgan fingerprint density at radius 3 is 2.50 bits per heavy atom. The number of amides is 2. The smallest absolute Gasteiger partial charge is 0.253 e. The number of hydrogen-bond donors (Lipinski definition) is 2. The lowest BCUT2D eigenvalue weighted by molar-refractivity contribution is -0.119. The number of nitrogens with one attached hydrogen (secondary N) is 2. The molecule has 2 fully saturated rings. The van der Waals surface area contributed by atoms with E-state index in [-0.39, 0.29) is 17.7 Å². The maximum atomic E-state index is 12.9. The first kappa shape index (κ1) is 20.6. The molecule has 0 spiro atoms. The Labute approximate surface area is 168 Å². The number of carbonyl (C=O) groups excluding carboxylic acids is 2. The Kier molecular flexibility index (Phi) is 7.31. The van der Waals surface area contributed by atoms with Gasteiger partial charge in [0.15, 0.2) is 0 Å². The summed E-state index contributed by atoms with van der Waals surface area (Å²) in [4.78, 5) is 29.8. The Morgan fingerprint density at radius 1 is 1.11 bits per heavy atom. The molecule has 1 aliphatic carbocycles. The first-order chi connectivity index (χ1) is 13.5. The molecule has 154 valence electrons. The molecule has 6 nitrogen and oxygen atoms in total. The molecule has 0 atom stereocenters. The minimum absolute atomic E-state index is 0.0578. The molecule has 6 heteroatoms. The molecule has 1 aromatic carbocycles. The summed E-state index contributed by atoms with van der Waals surface area (Å²) in [5, 5.41) is 6.08. The first-order valence-corrected chi connectivity index (χ1v) is 10.7. The van der Waals surface area contributed by atoms with Gasteiger partial charge in [-0.25, -0.2) is 0 Å². The van der Waals surface area contributed by atoms with Crippen LogP contribution in [-0.4, -0.2) is 57.0 Å². The third kappa shape index (κ3) is 5.47. The first-order valence-electron chi connectivity index (χ1n) is 10.7. The van der Waals surface area contributed by atoms with E-state index in [4.69, 9.17) is 0 Å². The minimum atomic E-state index is -0.0578. The van der Waals surface area contributed by atoms with Gasteiger partial charge in [0.1, 0.15) is 0 Å². The lowest BCUT2D eigenvalue weighted by Crippen LogP contribution is -2.30. The third-order valence-corrected chi connectivity index (χ3v) is 5.75. The third-order valence-electron chi connectivity index (χ3n) is 5.75. The Bertz CT molecular complexity index is 677. The lowest BCUT2D eigenvalue weighted by Gasteiger charge is -2.22. The molecule has 2 amide bonds. The monoisotopic (exact) mass is 386 g/mol. The molecule has 3 rings (SSSR count). The summed E-state index contributed by atoms with van der Waals surface area (Å²) in [7, 11) is 4.06. The van der Waals surface area contributed by atoms with Crippen molar-refractivity contribution in [2.75, 3.05) is 50.5 Å². The van der Waals surface area contributed by atoms with Crippen LogP contribution in [0, 0.1) is 5.92 Å². The van der Waals surface area contributed by atoms with E-state index in [0.29, 0.717) is 12.1 Å². The van der Waals surface area contributed by atoms with Gasteiger partial charge < -0.3 is 20.4 Å². The van der Waals surface area contributed by atoms with Crippen molar-refractivity contribution in [2.45, 2.75) is 44.9 Å². The second-order valence-corrected chi connectivity index (χ2v) is 8.31. The fourth-order valence-corrected chi connectivity index (χ4v) is 4.15. The van der Waals surface area contributed by atoms with Crippen LogP contribution < -0.4 is 15.5 Å². The Hall–Kier alpha value is -2.08. The lowest BCUT2D eigenvalue weighted by atomic mass is 10.1. The van der Waals surface area contributed by atoms with Crippen LogP contribution in [0.5, 0.6) is 0 Å². The summed E-state index contributed by atoms with van der Waals surface area (Å²) in [6, 6.07) is 5.77. The van der Waals surface area contributed by atoms with E-state index in [2.05, 4.69) is 20.4 Å². The van der Waals surface area contributed by atoms with Gasteiger partial charge in [-0.15, -0.1) is 0 Å². The highest BCUT2D eigenvalue weighted by Crippen LogP contribution is 2.29. The summed E-state index contributed by atoms with van der Waals surface area (Å²) < 4.78 is 0. The van der Waals surface area contributed by atoms with Gasteiger partial charge in [0.2, 0.25) is 5.91 Å². The van der Waals surface area contributed by atoms with Gasteiger partial charge in [-0.1, -0.05) is 12.8 Å². The van der Waals surface area contributed by atoms with Gasteiger partial charge in [0, 0.05) is 36.9 Å². The zero-order chi connectivity index (χ0) is 19.9. The normalized spacial score (nSPS) is 17.3. The van der Waals surface area contributed by atoms with E-state index in [0.717, 1.165) is 76.0 Å². The van der Waals surface area contributed by atoms with E-state index >= 15 is 0 Å². The SMILES string of the molecule is CN(C)CCCNC(=O)c1cc(NC(=O)C2CCCC2)ccc1N1CCCC1. The summed E-state index contributed by atoms with van der Waals surface area (Å²) in [5.41, 5.74) is 2.36. The Balaban J connectivity index is 1.71. The molecule has 1 saturated carbocycles. The second-order valence-electron chi connectivity index (χ2n) is 8.31. The number of benzene rings is 1. The van der Waals surface area contributed by atoms with Crippen molar-refractivity contribution >= 4 is 23.2 Å². The van der Waals surface area contributed by atoms with Crippen LogP contribution in [0.15, 0.2) is 18.2 Å². The van der Waals surface area contributed by atoms with E-state index in [1.807, 2.05) is 32.3 Å². The van der Waals surface area contributed by atoms with E-state index in [9.17, 15) is 9.59 Å². The highest BCUT2D eigenvalue weighted by atomic mass is 16.2. The number of hydrogen-bond acceptors (Lipinski definition) is 4. The van der Waals surface area contributed by atoms with Crippen molar-refractivity contribution in [1.29, 1.82) is 0 Å². The maximum Gasteiger partial charge on any atom is 0.253 e. The van der Waals surface area contributed by atoms with Crippen molar-refractivity contribution in [1.82, 2.24) is 10.2 Å². The average Bonchev–Trinajstić information content (AvgIpc) is 3.38. The molecular formula is C22H34N4O2. The van der Waals surface area contributed by atoms with E-state index in [1.54, 1.807) is 0 Å². The topological polar surface area (TPSA) is 64.7 Å². The maximum absolute atomic E-state index is 12.9. The van der Waals surface area contributed by atoms with Crippen LogP contribution in [-0.2, 0) is 4.79 Å². The highest BCUT2D eigenvalue weighted by molar-refractivity contribution is 6.02. The fourth-order valence-electron chi connectivity index (χ4n) is 4.15. The minimum Gasteiger partial charge on any atom is -0.371 e. The quantitative estimate of drug-likeness (QED) is 0.674. The number of nitrogens with zero attached hydrogens (tertiary/aromatic N) is 2. The zero-order valence-electron chi connectivity index (χ0n) is 17.3. The predicted molar refractivity (Wildman–Crippen MR) is 114 cm³/mol. The van der Waals surface area contributed by atoms with Crippen LogP contribution in [0.25, 0.3) is 0 Å². The molecule has 2 N–H and O–H groups in total. The molecule has 2 aliphatic rings. The molecule has 1 heterocycles. The zero-order valence-corrected chi connectivity index (χ0v) is 17.3. The van der Waals surface area contributed by atoms with Crippen molar-refractivity contribution in [3.63, 3.8) is 0 Å². The predicted octanol–water partition coefficient (Wildman–Crippen LogP) is 3.10. The van der Waals surface area contributed by atoms with Crippen molar-refractivity contribution in [2.24, 2.45) is 5.92 Å². The Morgan fingerprint density at radius 2 is 1.82 bits per heavy atom. The van der Waals surface area contributed by atoms with Crippen LogP contribution in [0.4, 0.5) is 11.4 Å². The van der Waals surface area contributed by atoms with E-state index in [1.165, 1.54) is 0 Å². The van der Waals surface area contributed by atoms with Gasteiger partial charge in [-0.2, -0.15) is 0 Å². The van der Waals surface area contributed by atoms with Crippen LogP contribution >= 0.6 is 0 Å². The molecule has 0 unspecified atom stereocenters. The molecule has 1 aliphatic heterocycles. The number of rotatable bonds is 8. The van der Waals surface area contributed by atoms with Crippen molar-refractivity contribution in [3.05, 3.63) is 23.8 Å². The fraction of sp³-hybridized carbons (Fsp3) is 0.636. The van der Waals surface area contributed by atoms with Gasteiger partial charge >= 0.3 is 0 Å². The standard InChI is InChI=1S/C22H34N4O2/c1-25(2)13-7-12-23-22(28)19-16-18(24-21(27)17-8-3-4-9-17)10-11-20(19)26-14-5-6-15-26/h10-11,16-17H,3-9,12-15H2,1-2H3,(H,23,28)(H,24,27). The summed E-state index contributed by atoms with van der Waals surface area (Å²) in [6.45, 7) is 3.55. The van der Waals surface area contributed by atoms with Crippen LogP contribution in [0.1, 0.15) is 55.3 Å². The van der Waals surface area contributed by atoms with Crippen molar-refractivity contribution < 1.29 is 9.59 Å². The molecule has 1 saturated heterocycles. The molecule has 28 heavy (non-hydrogen) atoms. The number of carbonyl (C=O) groups is 2. The van der Waals surface area contributed by atoms with E-state index < -0.39 is 0 Å². The highest BCUT2D eigenvalue weighted by Gasteiger charge is 2.24. The van der Waals surface area contributed by atoms with Gasteiger partial charge in [0.25, 0.3) is 5.91 Å². The van der Waals surface area contributed by atoms with Crippen molar-refractivity contribution in [3.8, 4) is 0 Å². The summed E-state index contributed by atoms with van der Waals surface area (Å²) in [6.07, 6.45) is 7.43. The molecule has 1 aromatic rings. The molecule has 0 radical (unpaired) electrons. The summed E-state index contributed by atoms with van der Waals surface area (Å²) in [5.74, 6) is 0.142. The molecular weight excluding hydrogens is 352 g/mol.